The number of rotatable bonds is 3. The molecular formula is C16H14ClNO3. The molecule has 2 aromatic carbocycles. The Labute approximate surface area is 127 Å². The molecule has 21 heavy (non-hydrogen) atoms. The highest BCUT2D eigenvalue weighted by molar-refractivity contribution is 6.35. The summed E-state index contributed by atoms with van der Waals surface area (Å²) in [4.78, 5) is 23.4. The Morgan fingerprint density at radius 2 is 1.67 bits per heavy atom. The summed E-state index contributed by atoms with van der Waals surface area (Å²) < 4.78 is 0. The first kappa shape index (κ1) is 15.1. The molecule has 0 radical (unpaired) electrons. The maximum atomic E-state index is 12.3. The molecule has 0 saturated carbocycles. The third kappa shape index (κ3) is 3.06. The van der Waals surface area contributed by atoms with Gasteiger partial charge in [0.1, 0.15) is 0 Å². The van der Waals surface area contributed by atoms with Gasteiger partial charge in [-0.1, -0.05) is 29.8 Å². The number of hydrogen-bond acceptors (Lipinski definition) is 2. The number of carbonyl (C=O) groups is 2. The average Bonchev–Trinajstić information content (AvgIpc) is 2.43. The Balaban J connectivity index is 2.34. The van der Waals surface area contributed by atoms with E-state index in [-0.39, 0.29) is 11.5 Å². The van der Waals surface area contributed by atoms with Crippen LogP contribution in [0.2, 0.25) is 5.02 Å². The summed E-state index contributed by atoms with van der Waals surface area (Å²) in [6.45, 7) is 3.46. The minimum atomic E-state index is -1.03. The van der Waals surface area contributed by atoms with Gasteiger partial charge >= 0.3 is 5.97 Å². The third-order valence-electron chi connectivity index (χ3n) is 3.25. The number of amides is 1. The van der Waals surface area contributed by atoms with Crippen molar-refractivity contribution in [3.8, 4) is 0 Å². The second-order valence-corrected chi connectivity index (χ2v) is 5.05. The van der Waals surface area contributed by atoms with E-state index in [2.05, 4.69) is 5.32 Å². The second kappa shape index (κ2) is 5.97. The average molecular weight is 304 g/mol. The van der Waals surface area contributed by atoms with Gasteiger partial charge in [0.15, 0.2) is 0 Å². The van der Waals surface area contributed by atoms with Crippen LogP contribution >= 0.6 is 11.6 Å². The molecule has 2 aromatic rings. The molecule has 2 N–H and O–H groups in total. The molecule has 4 nitrogen and oxygen atoms in total. The fraction of sp³-hybridized carbons (Fsp3) is 0.125. The molecule has 5 heteroatoms. The fourth-order valence-corrected chi connectivity index (χ4v) is 2.23. The van der Waals surface area contributed by atoms with Gasteiger partial charge in [-0.2, -0.15) is 0 Å². The van der Waals surface area contributed by atoms with Gasteiger partial charge in [0, 0.05) is 5.69 Å². The lowest BCUT2D eigenvalue weighted by molar-refractivity contribution is 0.0695. The van der Waals surface area contributed by atoms with E-state index in [9.17, 15) is 9.59 Å². The number of carbonyl (C=O) groups excluding carboxylic acids is 1. The summed E-state index contributed by atoms with van der Waals surface area (Å²) in [5.41, 5.74) is 2.28. The van der Waals surface area contributed by atoms with Crippen LogP contribution in [-0.4, -0.2) is 17.0 Å². The van der Waals surface area contributed by atoms with E-state index in [1.807, 2.05) is 13.0 Å². The monoisotopic (exact) mass is 303 g/mol. The van der Waals surface area contributed by atoms with Crippen molar-refractivity contribution in [1.82, 2.24) is 0 Å². The van der Waals surface area contributed by atoms with E-state index >= 15 is 0 Å². The number of hydrogen-bond donors (Lipinski definition) is 2. The molecule has 2 rings (SSSR count). The highest BCUT2D eigenvalue weighted by atomic mass is 35.5. The van der Waals surface area contributed by atoms with Gasteiger partial charge in [-0.25, -0.2) is 4.79 Å². The van der Waals surface area contributed by atoms with Crippen molar-refractivity contribution in [3.05, 3.63) is 63.7 Å². The van der Waals surface area contributed by atoms with Crippen molar-refractivity contribution in [3.63, 3.8) is 0 Å². The number of aromatic carboxylic acids is 1. The van der Waals surface area contributed by atoms with Crippen LogP contribution in [0.25, 0.3) is 0 Å². The summed E-state index contributed by atoms with van der Waals surface area (Å²) in [7, 11) is 0. The molecule has 0 saturated heterocycles. The minimum absolute atomic E-state index is 0.156. The van der Waals surface area contributed by atoms with E-state index in [0.29, 0.717) is 21.8 Å². The van der Waals surface area contributed by atoms with E-state index in [0.717, 1.165) is 5.56 Å². The lowest BCUT2D eigenvalue weighted by Crippen LogP contribution is -2.14. The zero-order valence-corrected chi connectivity index (χ0v) is 12.4. The van der Waals surface area contributed by atoms with Crippen molar-refractivity contribution < 1.29 is 14.7 Å². The lowest BCUT2D eigenvalue weighted by Gasteiger charge is -2.12. The van der Waals surface area contributed by atoms with Crippen LogP contribution in [0, 0.1) is 13.8 Å². The first-order chi connectivity index (χ1) is 9.91. The van der Waals surface area contributed by atoms with Crippen LogP contribution in [0.3, 0.4) is 0 Å². The molecule has 0 aliphatic carbocycles. The van der Waals surface area contributed by atoms with Gasteiger partial charge in [0.2, 0.25) is 0 Å². The Bertz CT molecular complexity index is 725. The smallest absolute Gasteiger partial charge is 0.336 e. The predicted octanol–water partition coefficient (Wildman–Crippen LogP) is 3.91. The lowest BCUT2D eigenvalue weighted by atomic mass is 10.1. The van der Waals surface area contributed by atoms with Crippen LogP contribution < -0.4 is 5.32 Å². The number of aryl methyl sites for hydroxylation is 1. The quantitative estimate of drug-likeness (QED) is 0.903. The zero-order chi connectivity index (χ0) is 15.6. The van der Waals surface area contributed by atoms with Gasteiger partial charge in [-0.05, 0) is 43.2 Å². The summed E-state index contributed by atoms with van der Waals surface area (Å²) >= 11 is 6.12. The van der Waals surface area contributed by atoms with Crippen LogP contribution in [0.15, 0.2) is 36.4 Å². The van der Waals surface area contributed by atoms with Gasteiger partial charge in [-0.15, -0.1) is 0 Å². The predicted molar refractivity (Wildman–Crippen MR) is 82.3 cm³/mol. The third-order valence-corrected chi connectivity index (χ3v) is 3.75. The number of carboxylic acid groups (broad SMARTS) is 1. The molecule has 108 valence electrons. The number of anilines is 1. The maximum Gasteiger partial charge on any atom is 0.336 e. The van der Waals surface area contributed by atoms with Crippen LogP contribution in [0.5, 0.6) is 0 Å². The second-order valence-electron chi connectivity index (χ2n) is 4.67. The van der Waals surface area contributed by atoms with E-state index in [1.54, 1.807) is 31.2 Å². The molecule has 0 aliphatic rings. The summed E-state index contributed by atoms with van der Waals surface area (Å²) in [6, 6.07) is 9.92. The summed E-state index contributed by atoms with van der Waals surface area (Å²) in [5.74, 6) is -1.40. The summed E-state index contributed by atoms with van der Waals surface area (Å²) in [5, 5.41) is 12.2. The fourth-order valence-electron chi connectivity index (χ4n) is 2.02. The van der Waals surface area contributed by atoms with Crippen LogP contribution in [0.4, 0.5) is 5.69 Å². The van der Waals surface area contributed by atoms with E-state index in [1.165, 1.54) is 6.07 Å². The van der Waals surface area contributed by atoms with Crippen molar-refractivity contribution in [2.75, 3.05) is 5.32 Å². The summed E-state index contributed by atoms with van der Waals surface area (Å²) in [6.07, 6.45) is 0. The Morgan fingerprint density at radius 3 is 2.33 bits per heavy atom. The first-order valence-corrected chi connectivity index (χ1v) is 6.69. The molecule has 1 amide bonds. The molecule has 0 spiro atoms. The zero-order valence-electron chi connectivity index (χ0n) is 11.6. The van der Waals surface area contributed by atoms with Crippen LogP contribution in [-0.2, 0) is 0 Å². The number of halogens is 1. The minimum Gasteiger partial charge on any atom is -0.478 e. The van der Waals surface area contributed by atoms with Gasteiger partial charge in [-0.3, -0.25) is 4.79 Å². The van der Waals surface area contributed by atoms with E-state index in [4.69, 9.17) is 16.7 Å². The topological polar surface area (TPSA) is 66.4 Å². The van der Waals surface area contributed by atoms with Crippen molar-refractivity contribution in [1.29, 1.82) is 0 Å². The molecule has 0 fully saturated rings. The Kier molecular flexibility index (Phi) is 4.29. The van der Waals surface area contributed by atoms with Gasteiger partial charge in [0.25, 0.3) is 5.91 Å². The Hall–Kier alpha value is -2.33. The highest BCUT2D eigenvalue weighted by Crippen LogP contribution is 2.23. The van der Waals surface area contributed by atoms with E-state index < -0.39 is 5.97 Å². The molecule has 0 aliphatic heterocycles. The van der Waals surface area contributed by atoms with Crippen molar-refractivity contribution >= 4 is 29.2 Å². The normalized spacial score (nSPS) is 10.2. The molecular weight excluding hydrogens is 290 g/mol. The number of nitrogens with one attached hydrogen (secondary N) is 1. The molecule has 0 bridgehead atoms. The Morgan fingerprint density at radius 1 is 1.05 bits per heavy atom. The first-order valence-electron chi connectivity index (χ1n) is 6.31. The molecule has 0 unspecified atom stereocenters. The standard InChI is InChI=1S/C16H14ClNO3/c1-9-5-3-7-12(14(9)17)15(19)18-13-8-4-6-11(10(13)2)16(20)21/h3-8H,1-2H3,(H,18,19)(H,20,21). The molecule has 0 atom stereocenters. The SMILES string of the molecule is Cc1cccc(C(=O)Nc2cccc(C(=O)O)c2C)c1Cl. The van der Waals surface area contributed by atoms with Crippen molar-refractivity contribution in [2.45, 2.75) is 13.8 Å². The molecule has 0 heterocycles. The van der Waals surface area contributed by atoms with Gasteiger partial charge < -0.3 is 10.4 Å². The number of benzene rings is 2. The van der Waals surface area contributed by atoms with Crippen molar-refractivity contribution in [2.24, 2.45) is 0 Å². The highest BCUT2D eigenvalue weighted by Gasteiger charge is 2.15. The number of carboxylic acids is 1. The van der Waals surface area contributed by atoms with Gasteiger partial charge in [0.05, 0.1) is 16.1 Å². The molecule has 0 aromatic heterocycles. The van der Waals surface area contributed by atoms with Crippen LogP contribution in [0.1, 0.15) is 31.8 Å². The maximum absolute atomic E-state index is 12.3. The largest absolute Gasteiger partial charge is 0.478 e.